The standard InChI is InChI=1S/C22H34O3Si/c1-11-13-18-15(3)20(24-17(5)23)16(4)19(14-12-2)21(18)25-26(9,10)22(6,7)8/h11-12H,1-2,13-14H2,3-10H3. The van der Waals surface area contributed by atoms with Crippen LogP contribution in [0.4, 0.5) is 0 Å². The van der Waals surface area contributed by atoms with E-state index in [1.54, 1.807) is 0 Å². The van der Waals surface area contributed by atoms with Crippen molar-refractivity contribution in [2.24, 2.45) is 0 Å². The minimum atomic E-state index is -2.04. The fourth-order valence-electron chi connectivity index (χ4n) is 2.69. The predicted octanol–water partition coefficient (Wildman–Crippen LogP) is 6.07. The molecule has 1 aromatic rings. The summed E-state index contributed by atoms with van der Waals surface area (Å²) in [5.74, 6) is 1.24. The van der Waals surface area contributed by atoms with Crippen molar-refractivity contribution in [2.75, 3.05) is 0 Å². The van der Waals surface area contributed by atoms with Crippen LogP contribution < -0.4 is 9.16 Å². The van der Waals surface area contributed by atoms with Gasteiger partial charge in [0, 0.05) is 18.1 Å². The second kappa shape index (κ2) is 8.25. The number of carbonyl (C=O) groups excluding carboxylic acids is 1. The van der Waals surface area contributed by atoms with Crippen LogP contribution in [0.1, 0.15) is 49.9 Å². The van der Waals surface area contributed by atoms with Gasteiger partial charge in [0.15, 0.2) is 0 Å². The normalized spacial score (nSPS) is 11.8. The number of hydrogen-bond donors (Lipinski definition) is 0. The topological polar surface area (TPSA) is 35.5 Å². The average molecular weight is 375 g/mol. The lowest BCUT2D eigenvalue weighted by Gasteiger charge is -2.38. The summed E-state index contributed by atoms with van der Waals surface area (Å²) in [6, 6.07) is 0. The van der Waals surface area contributed by atoms with Gasteiger partial charge in [0.05, 0.1) is 0 Å². The van der Waals surface area contributed by atoms with E-state index in [1.807, 2.05) is 26.0 Å². The third-order valence-electron chi connectivity index (χ3n) is 5.24. The zero-order valence-electron chi connectivity index (χ0n) is 17.7. The molecule has 1 rings (SSSR count). The maximum absolute atomic E-state index is 11.6. The van der Waals surface area contributed by atoms with E-state index >= 15 is 0 Å². The van der Waals surface area contributed by atoms with E-state index in [4.69, 9.17) is 9.16 Å². The van der Waals surface area contributed by atoms with Crippen LogP contribution in [0.2, 0.25) is 18.1 Å². The molecule has 0 heterocycles. The molecule has 0 amide bonds. The van der Waals surface area contributed by atoms with Gasteiger partial charge in [-0.15, -0.1) is 13.2 Å². The molecule has 0 N–H and O–H groups in total. The van der Waals surface area contributed by atoms with Gasteiger partial charge in [-0.3, -0.25) is 4.79 Å². The van der Waals surface area contributed by atoms with Gasteiger partial charge in [-0.1, -0.05) is 32.9 Å². The predicted molar refractivity (Wildman–Crippen MR) is 113 cm³/mol. The molecule has 4 heteroatoms. The van der Waals surface area contributed by atoms with Gasteiger partial charge < -0.3 is 9.16 Å². The molecular weight excluding hydrogens is 340 g/mol. The Hall–Kier alpha value is -1.81. The summed E-state index contributed by atoms with van der Waals surface area (Å²) >= 11 is 0. The Morgan fingerprint density at radius 2 is 1.42 bits per heavy atom. The molecule has 3 nitrogen and oxygen atoms in total. The van der Waals surface area contributed by atoms with E-state index in [0.29, 0.717) is 18.6 Å². The molecule has 0 aliphatic heterocycles. The summed E-state index contributed by atoms with van der Waals surface area (Å²) in [7, 11) is -2.04. The van der Waals surface area contributed by atoms with Crippen LogP contribution in [-0.4, -0.2) is 14.3 Å². The van der Waals surface area contributed by atoms with Crippen LogP contribution in [0.15, 0.2) is 25.3 Å². The first-order chi connectivity index (χ1) is 11.9. The molecule has 26 heavy (non-hydrogen) atoms. The number of rotatable bonds is 7. The van der Waals surface area contributed by atoms with Gasteiger partial charge in [0.2, 0.25) is 0 Å². The van der Waals surface area contributed by atoms with E-state index in [2.05, 4.69) is 47.0 Å². The number of allylic oxidation sites excluding steroid dienone is 2. The van der Waals surface area contributed by atoms with Crippen LogP contribution >= 0.6 is 0 Å². The van der Waals surface area contributed by atoms with Crippen molar-refractivity contribution in [2.45, 2.75) is 72.5 Å². The highest BCUT2D eigenvalue weighted by atomic mass is 28.4. The number of benzene rings is 1. The molecule has 0 fully saturated rings. The minimum absolute atomic E-state index is 0.0836. The molecule has 0 radical (unpaired) electrons. The smallest absolute Gasteiger partial charge is 0.308 e. The molecule has 0 saturated carbocycles. The van der Waals surface area contributed by atoms with E-state index in [-0.39, 0.29) is 11.0 Å². The Bertz CT molecular complexity index is 672. The summed E-state index contributed by atoms with van der Waals surface area (Å²) in [4.78, 5) is 11.6. The van der Waals surface area contributed by atoms with Crippen LogP contribution in [0.5, 0.6) is 11.5 Å². The first kappa shape index (κ1) is 22.2. The molecular formula is C22H34O3Si. The van der Waals surface area contributed by atoms with Crippen LogP contribution in [0.25, 0.3) is 0 Å². The molecule has 1 aromatic carbocycles. The van der Waals surface area contributed by atoms with Gasteiger partial charge >= 0.3 is 5.97 Å². The van der Waals surface area contributed by atoms with Crippen molar-refractivity contribution in [1.29, 1.82) is 0 Å². The monoisotopic (exact) mass is 374 g/mol. The number of hydrogen-bond acceptors (Lipinski definition) is 3. The summed E-state index contributed by atoms with van der Waals surface area (Å²) in [6.07, 6.45) is 5.06. The lowest BCUT2D eigenvalue weighted by atomic mass is 9.93. The van der Waals surface area contributed by atoms with E-state index in [1.165, 1.54) is 6.92 Å². The lowest BCUT2D eigenvalue weighted by molar-refractivity contribution is -0.131. The van der Waals surface area contributed by atoms with E-state index in [9.17, 15) is 4.79 Å². The van der Waals surface area contributed by atoms with Crippen molar-refractivity contribution < 1.29 is 14.0 Å². The second-order valence-corrected chi connectivity index (χ2v) is 13.0. The summed E-state index contributed by atoms with van der Waals surface area (Å²) < 4.78 is 12.3. The molecule has 0 aliphatic rings. The number of carbonyl (C=O) groups is 1. The minimum Gasteiger partial charge on any atom is -0.543 e. The lowest BCUT2D eigenvalue weighted by Crippen LogP contribution is -2.44. The van der Waals surface area contributed by atoms with Crippen LogP contribution in [-0.2, 0) is 17.6 Å². The third-order valence-corrected chi connectivity index (χ3v) is 9.57. The Kier molecular flexibility index (Phi) is 7.06. The number of ether oxygens (including phenoxy) is 1. The van der Waals surface area contributed by atoms with Gasteiger partial charge in [-0.2, -0.15) is 0 Å². The average Bonchev–Trinajstić information content (AvgIpc) is 2.50. The third kappa shape index (κ3) is 4.67. The highest BCUT2D eigenvalue weighted by Gasteiger charge is 2.40. The van der Waals surface area contributed by atoms with Gasteiger partial charge in [0.1, 0.15) is 11.5 Å². The molecule has 0 spiro atoms. The summed E-state index contributed by atoms with van der Waals surface area (Å²) in [5.41, 5.74) is 3.98. The first-order valence-electron chi connectivity index (χ1n) is 9.11. The fraction of sp³-hybridized carbons (Fsp3) is 0.500. The zero-order valence-corrected chi connectivity index (χ0v) is 18.7. The summed E-state index contributed by atoms with van der Waals surface area (Å²) in [5, 5.41) is 0.0836. The quantitative estimate of drug-likeness (QED) is 0.251. The van der Waals surface area contributed by atoms with Crippen LogP contribution in [0, 0.1) is 13.8 Å². The Morgan fingerprint density at radius 1 is 1.00 bits per heavy atom. The number of esters is 1. The van der Waals surface area contributed by atoms with Crippen molar-refractivity contribution >= 4 is 14.3 Å². The SMILES string of the molecule is C=CCc1c(C)c(OC(C)=O)c(C)c(CC=C)c1O[Si](C)(C)C(C)(C)C. The van der Waals surface area contributed by atoms with Crippen molar-refractivity contribution in [1.82, 2.24) is 0 Å². The van der Waals surface area contributed by atoms with Gasteiger partial charge in [-0.25, -0.2) is 0 Å². The first-order valence-corrected chi connectivity index (χ1v) is 12.0. The van der Waals surface area contributed by atoms with Crippen molar-refractivity contribution in [3.05, 3.63) is 47.6 Å². The highest BCUT2D eigenvalue weighted by Crippen LogP contribution is 2.44. The summed E-state index contributed by atoms with van der Waals surface area (Å²) in [6.45, 7) is 24.4. The van der Waals surface area contributed by atoms with Gasteiger partial charge in [-0.05, 0) is 55.9 Å². The Labute approximate surface area is 160 Å². The van der Waals surface area contributed by atoms with Crippen molar-refractivity contribution in [3.8, 4) is 11.5 Å². The second-order valence-electron chi connectivity index (χ2n) is 8.31. The fourth-order valence-corrected chi connectivity index (χ4v) is 3.75. The van der Waals surface area contributed by atoms with E-state index in [0.717, 1.165) is 28.0 Å². The Balaban J connectivity index is 3.77. The zero-order chi connectivity index (χ0) is 20.3. The van der Waals surface area contributed by atoms with Crippen molar-refractivity contribution in [3.63, 3.8) is 0 Å². The highest BCUT2D eigenvalue weighted by molar-refractivity contribution is 6.74. The molecule has 0 bridgehead atoms. The maximum Gasteiger partial charge on any atom is 0.308 e. The maximum atomic E-state index is 11.6. The van der Waals surface area contributed by atoms with E-state index < -0.39 is 8.32 Å². The Morgan fingerprint density at radius 3 is 1.73 bits per heavy atom. The largest absolute Gasteiger partial charge is 0.543 e. The molecule has 0 unspecified atom stereocenters. The molecule has 0 aliphatic carbocycles. The molecule has 0 aromatic heterocycles. The molecule has 0 atom stereocenters. The van der Waals surface area contributed by atoms with Gasteiger partial charge in [0.25, 0.3) is 8.32 Å². The molecule has 0 saturated heterocycles. The van der Waals surface area contributed by atoms with Crippen LogP contribution in [0.3, 0.4) is 0 Å². The molecule has 144 valence electrons.